The molecule has 2 atom stereocenters. The van der Waals surface area contributed by atoms with E-state index in [0.717, 1.165) is 19.4 Å². The molecule has 2 unspecified atom stereocenters. The molecular weight excluding hydrogens is 256 g/mol. The van der Waals surface area contributed by atoms with Crippen molar-refractivity contribution >= 4 is 21.2 Å². The summed E-state index contributed by atoms with van der Waals surface area (Å²) in [6, 6.07) is 0.262. The first-order valence-electron chi connectivity index (χ1n) is 5.92. The number of hydrogen-bond donors (Lipinski definition) is 1. The number of nitrogens with zero attached hydrogens (tertiary/aromatic N) is 1. The van der Waals surface area contributed by atoms with Crippen LogP contribution in [0.2, 0.25) is 0 Å². The Hall–Kier alpha value is -0.460. The van der Waals surface area contributed by atoms with E-state index in [1.54, 1.807) is 11.3 Å². The van der Waals surface area contributed by atoms with Crippen LogP contribution < -0.4 is 5.32 Å². The molecule has 0 amide bonds. The van der Waals surface area contributed by atoms with E-state index in [4.69, 9.17) is 0 Å². The predicted octanol–water partition coefficient (Wildman–Crippen LogP) is 1.10. The van der Waals surface area contributed by atoms with Crippen LogP contribution in [-0.4, -0.2) is 37.5 Å². The number of sulfone groups is 1. The van der Waals surface area contributed by atoms with Gasteiger partial charge in [0, 0.05) is 17.1 Å². The molecule has 96 valence electrons. The third-order valence-corrected chi connectivity index (χ3v) is 5.80. The topological polar surface area (TPSA) is 59.1 Å². The lowest BCUT2D eigenvalue weighted by Crippen LogP contribution is -2.38. The van der Waals surface area contributed by atoms with E-state index in [9.17, 15) is 8.42 Å². The van der Waals surface area contributed by atoms with E-state index in [-0.39, 0.29) is 12.0 Å². The van der Waals surface area contributed by atoms with Gasteiger partial charge in [0.15, 0.2) is 9.84 Å². The van der Waals surface area contributed by atoms with Crippen molar-refractivity contribution in [2.75, 3.05) is 18.1 Å². The van der Waals surface area contributed by atoms with Gasteiger partial charge in [-0.05, 0) is 25.3 Å². The third kappa shape index (κ3) is 3.50. The molecule has 1 fully saturated rings. The average molecular weight is 274 g/mol. The Balaban J connectivity index is 2.02. The predicted molar refractivity (Wildman–Crippen MR) is 70.0 cm³/mol. The van der Waals surface area contributed by atoms with Gasteiger partial charge in [0.25, 0.3) is 0 Å². The number of rotatable bonds is 5. The zero-order chi connectivity index (χ0) is 12.3. The molecule has 0 aromatic carbocycles. The van der Waals surface area contributed by atoms with Crippen LogP contribution in [0.25, 0.3) is 0 Å². The molecule has 1 aliphatic heterocycles. The van der Waals surface area contributed by atoms with Crippen LogP contribution in [0, 0.1) is 5.92 Å². The molecule has 4 nitrogen and oxygen atoms in total. The highest BCUT2D eigenvalue weighted by atomic mass is 32.2. The average Bonchev–Trinajstić information content (AvgIpc) is 2.87. The van der Waals surface area contributed by atoms with Crippen molar-refractivity contribution in [3.05, 3.63) is 16.6 Å². The molecule has 2 heterocycles. The molecule has 0 aliphatic carbocycles. The van der Waals surface area contributed by atoms with E-state index in [1.807, 2.05) is 11.7 Å². The number of thiazole rings is 1. The lowest BCUT2D eigenvalue weighted by atomic mass is 9.96. The molecule has 1 aromatic heterocycles. The van der Waals surface area contributed by atoms with Crippen LogP contribution in [0.1, 0.15) is 18.2 Å². The monoisotopic (exact) mass is 274 g/mol. The Labute approximate surface area is 106 Å². The molecule has 0 bridgehead atoms. The first-order chi connectivity index (χ1) is 8.11. The highest BCUT2D eigenvalue weighted by Crippen LogP contribution is 2.24. The fourth-order valence-corrected chi connectivity index (χ4v) is 4.90. The maximum Gasteiger partial charge on any atom is 0.150 e. The standard InChI is InChI=1S/C11H18N2O2S2/c1-2-13-11(5-10-6-12-8-16-10)9-3-4-17(14,15)7-9/h6,8-9,11,13H,2-5,7H2,1H3. The van der Waals surface area contributed by atoms with Crippen molar-refractivity contribution in [1.82, 2.24) is 10.3 Å². The molecule has 6 heteroatoms. The van der Waals surface area contributed by atoms with Gasteiger partial charge in [-0.15, -0.1) is 11.3 Å². The number of hydrogen-bond acceptors (Lipinski definition) is 5. The first-order valence-corrected chi connectivity index (χ1v) is 8.62. The molecule has 0 saturated carbocycles. The van der Waals surface area contributed by atoms with Crippen LogP contribution in [-0.2, 0) is 16.3 Å². The SMILES string of the molecule is CCNC(Cc1cncs1)C1CCS(=O)(=O)C1. The molecule has 2 rings (SSSR count). The Morgan fingerprint density at radius 1 is 1.65 bits per heavy atom. The summed E-state index contributed by atoms with van der Waals surface area (Å²) in [6.07, 6.45) is 3.55. The summed E-state index contributed by atoms with van der Waals surface area (Å²) in [5, 5.41) is 3.42. The van der Waals surface area contributed by atoms with Gasteiger partial charge in [0.1, 0.15) is 0 Å². The fourth-order valence-electron chi connectivity index (χ4n) is 2.37. The Morgan fingerprint density at radius 3 is 3.00 bits per heavy atom. The number of likely N-dealkylation sites (N-methyl/N-ethyl adjacent to an activating group) is 1. The van der Waals surface area contributed by atoms with Crippen LogP contribution >= 0.6 is 11.3 Å². The largest absolute Gasteiger partial charge is 0.314 e. The summed E-state index contributed by atoms with van der Waals surface area (Å²) in [6.45, 7) is 2.93. The van der Waals surface area contributed by atoms with Crippen molar-refractivity contribution in [2.24, 2.45) is 5.92 Å². The highest BCUT2D eigenvalue weighted by molar-refractivity contribution is 7.91. The lowest BCUT2D eigenvalue weighted by molar-refractivity contribution is 0.387. The van der Waals surface area contributed by atoms with Crippen molar-refractivity contribution in [3.63, 3.8) is 0 Å². The van der Waals surface area contributed by atoms with E-state index in [2.05, 4.69) is 17.2 Å². The second-order valence-electron chi connectivity index (χ2n) is 4.50. The summed E-state index contributed by atoms with van der Waals surface area (Å²) in [7, 11) is -2.79. The quantitative estimate of drug-likeness (QED) is 0.873. The maximum absolute atomic E-state index is 11.5. The Bertz CT molecular complexity index is 442. The van der Waals surface area contributed by atoms with Crippen molar-refractivity contribution < 1.29 is 8.42 Å². The minimum Gasteiger partial charge on any atom is -0.314 e. The summed E-state index contributed by atoms with van der Waals surface area (Å²) in [4.78, 5) is 5.29. The van der Waals surface area contributed by atoms with Crippen molar-refractivity contribution in [2.45, 2.75) is 25.8 Å². The van der Waals surface area contributed by atoms with Gasteiger partial charge < -0.3 is 5.32 Å². The molecule has 0 radical (unpaired) electrons. The maximum atomic E-state index is 11.5. The summed E-state index contributed by atoms with van der Waals surface area (Å²) in [5.74, 6) is 0.938. The molecular formula is C11H18N2O2S2. The van der Waals surface area contributed by atoms with E-state index in [0.29, 0.717) is 11.5 Å². The van der Waals surface area contributed by atoms with E-state index < -0.39 is 9.84 Å². The molecule has 1 saturated heterocycles. The van der Waals surface area contributed by atoms with Crippen LogP contribution in [0.15, 0.2) is 11.7 Å². The summed E-state index contributed by atoms with van der Waals surface area (Å²) in [5.41, 5.74) is 1.82. The van der Waals surface area contributed by atoms with Crippen molar-refractivity contribution in [3.8, 4) is 0 Å². The van der Waals surface area contributed by atoms with Gasteiger partial charge >= 0.3 is 0 Å². The summed E-state index contributed by atoms with van der Waals surface area (Å²) < 4.78 is 23.0. The number of aromatic nitrogens is 1. The lowest BCUT2D eigenvalue weighted by Gasteiger charge is -2.22. The van der Waals surface area contributed by atoms with Gasteiger partial charge in [-0.25, -0.2) is 8.42 Å². The zero-order valence-corrected chi connectivity index (χ0v) is 11.6. The molecule has 0 spiro atoms. The van der Waals surface area contributed by atoms with Gasteiger partial charge in [0.05, 0.1) is 17.0 Å². The Morgan fingerprint density at radius 2 is 2.47 bits per heavy atom. The second-order valence-corrected chi connectivity index (χ2v) is 7.70. The smallest absolute Gasteiger partial charge is 0.150 e. The van der Waals surface area contributed by atoms with Gasteiger partial charge in [-0.2, -0.15) is 0 Å². The second kappa shape index (κ2) is 5.46. The van der Waals surface area contributed by atoms with Gasteiger partial charge in [-0.1, -0.05) is 6.92 Å². The third-order valence-electron chi connectivity index (χ3n) is 3.21. The molecule has 17 heavy (non-hydrogen) atoms. The van der Waals surface area contributed by atoms with Gasteiger partial charge in [-0.3, -0.25) is 4.98 Å². The molecule has 1 aromatic rings. The Kier molecular flexibility index (Phi) is 4.17. The minimum absolute atomic E-state index is 0.252. The summed E-state index contributed by atoms with van der Waals surface area (Å²) >= 11 is 1.64. The van der Waals surface area contributed by atoms with E-state index in [1.165, 1.54) is 4.88 Å². The first kappa shape index (κ1) is 13.0. The van der Waals surface area contributed by atoms with Crippen molar-refractivity contribution in [1.29, 1.82) is 0 Å². The molecule has 1 aliphatic rings. The fraction of sp³-hybridized carbons (Fsp3) is 0.727. The van der Waals surface area contributed by atoms with Crippen LogP contribution in [0.5, 0.6) is 0 Å². The van der Waals surface area contributed by atoms with Crippen LogP contribution in [0.4, 0.5) is 0 Å². The molecule has 1 N–H and O–H groups in total. The highest BCUT2D eigenvalue weighted by Gasteiger charge is 2.33. The zero-order valence-electron chi connectivity index (χ0n) is 9.93. The van der Waals surface area contributed by atoms with E-state index >= 15 is 0 Å². The van der Waals surface area contributed by atoms with Crippen LogP contribution in [0.3, 0.4) is 0 Å². The number of nitrogens with one attached hydrogen (secondary N) is 1. The normalized spacial score (nSPS) is 24.9. The minimum atomic E-state index is -2.79. The van der Waals surface area contributed by atoms with Gasteiger partial charge in [0.2, 0.25) is 0 Å².